The Morgan fingerprint density at radius 3 is 2.42 bits per heavy atom. The topological polar surface area (TPSA) is 88.4 Å². The van der Waals surface area contributed by atoms with Gasteiger partial charge in [-0.05, 0) is 47.9 Å². The number of anilines is 1. The Kier molecular flexibility index (Phi) is 5.68. The smallest absolute Gasteiger partial charge is 0.318 e. The molecule has 2 N–H and O–H groups in total. The minimum absolute atomic E-state index is 0.302. The van der Waals surface area contributed by atoms with E-state index in [-0.39, 0.29) is 0 Å². The molecule has 8 heteroatoms. The van der Waals surface area contributed by atoms with Crippen molar-refractivity contribution in [3.63, 3.8) is 0 Å². The van der Waals surface area contributed by atoms with Crippen molar-refractivity contribution in [1.29, 1.82) is 0 Å². The maximum Gasteiger partial charge on any atom is 0.318 e. The van der Waals surface area contributed by atoms with Crippen LogP contribution in [-0.2, 0) is 0 Å². The lowest BCUT2D eigenvalue weighted by Crippen LogP contribution is -2.43. The zero-order valence-electron chi connectivity index (χ0n) is 19.4. The van der Waals surface area contributed by atoms with Crippen LogP contribution in [0, 0.1) is 0 Å². The molecule has 1 aliphatic heterocycles. The Morgan fingerprint density at radius 1 is 0.939 bits per heavy atom. The molecule has 1 fully saturated rings. The molecule has 4 aromatic rings. The number of methoxy groups -OCH3 is 2. The number of nitrogens with one attached hydrogen (secondary N) is 2. The summed E-state index contributed by atoms with van der Waals surface area (Å²) in [4.78, 5) is 5.73. The summed E-state index contributed by atoms with van der Waals surface area (Å²) < 4.78 is 17.0. The maximum absolute atomic E-state index is 6.04. The van der Waals surface area contributed by atoms with Crippen LogP contribution in [0.5, 0.6) is 11.5 Å². The fraction of sp³-hybridized carbons (Fsp3) is 0.360. The lowest BCUT2D eigenvalue weighted by molar-refractivity contribution is 0.355. The average molecular weight is 448 g/mol. The van der Waals surface area contributed by atoms with Crippen LogP contribution in [0.3, 0.4) is 0 Å². The summed E-state index contributed by atoms with van der Waals surface area (Å²) in [6.45, 7) is 7.98. The van der Waals surface area contributed by atoms with Crippen LogP contribution in [0.15, 0.2) is 40.8 Å². The Morgan fingerprint density at radius 2 is 1.70 bits per heavy atom. The van der Waals surface area contributed by atoms with Gasteiger partial charge in [0.2, 0.25) is 5.89 Å². The number of aromatic nitrogens is 3. The molecule has 0 amide bonds. The van der Waals surface area contributed by atoms with Gasteiger partial charge in [0, 0.05) is 48.2 Å². The van der Waals surface area contributed by atoms with Crippen LogP contribution in [0.4, 0.5) is 6.01 Å². The number of ether oxygens (including phenoxy) is 2. The van der Waals surface area contributed by atoms with Gasteiger partial charge in [-0.1, -0.05) is 18.9 Å². The summed E-state index contributed by atoms with van der Waals surface area (Å²) in [7, 11) is 3.30. The Balaban J connectivity index is 1.56. The van der Waals surface area contributed by atoms with Gasteiger partial charge < -0.3 is 29.1 Å². The molecule has 0 atom stereocenters. The molecule has 3 heterocycles. The van der Waals surface area contributed by atoms with E-state index in [1.165, 1.54) is 5.56 Å². The first-order valence-corrected chi connectivity index (χ1v) is 11.3. The molecule has 33 heavy (non-hydrogen) atoms. The van der Waals surface area contributed by atoms with Crippen molar-refractivity contribution in [3.05, 3.63) is 42.0 Å². The molecule has 1 aliphatic rings. The third-order valence-corrected chi connectivity index (χ3v) is 6.14. The number of fused-ring (bicyclic) bond motifs is 1. The van der Waals surface area contributed by atoms with Crippen molar-refractivity contribution < 1.29 is 13.9 Å². The van der Waals surface area contributed by atoms with Gasteiger partial charge in [-0.25, -0.2) is 0 Å². The SMILES string of the molecule is COc1ccc(-c2[nH]c3ccc(-c4nnc(N5CCNCC5)o4)cc3c2C(C)C)cc1OC. The molecule has 0 saturated carbocycles. The summed E-state index contributed by atoms with van der Waals surface area (Å²) in [6, 6.07) is 12.8. The largest absolute Gasteiger partial charge is 0.493 e. The molecule has 1 saturated heterocycles. The quantitative estimate of drug-likeness (QED) is 0.452. The van der Waals surface area contributed by atoms with Gasteiger partial charge in [-0.2, -0.15) is 0 Å². The van der Waals surface area contributed by atoms with Crippen molar-refractivity contribution in [2.75, 3.05) is 45.3 Å². The van der Waals surface area contributed by atoms with Crippen LogP contribution in [0.25, 0.3) is 33.6 Å². The van der Waals surface area contributed by atoms with E-state index in [4.69, 9.17) is 13.9 Å². The fourth-order valence-electron chi connectivity index (χ4n) is 4.48. The summed E-state index contributed by atoms with van der Waals surface area (Å²) in [6.07, 6.45) is 0. The van der Waals surface area contributed by atoms with Crippen molar-refractivity contribution in [2.45, 2.75) is 19.8 Å². The summed E-state index contributed by atoms with van der Waals surface area (Å²) >= 11 is 0. The van der Waals surface area contributed by atoms with E-state index in [9.17, 15) is 0 Å². The first kappa shape index (κ1) is 21.3. The second-order valence-electron chi connectivity index (χ2n) is 8.53. The number of rotatable bonds is 6. The van der Waals surface area contributed by atoms with Gasteiger partial charge in [-0.15, -0.1) is 5.10 Å². The van der Waals surface area contributed by atoms with Crippen molar-refractivity contribution in [1.82, 2.24) is 20.5 Å². The third-order valence-electron chi connectivity index (χ3n) is 6.14. The van der Waals surface area contributed by atoms with Crippen molar-refractivity contribution in [2.24, 2.45) is 0 Å². The lowest BCUT2D eigenvalue weighted by Gasteiger charge is -2.24. The molecule has 2 aromatic carbocycles. The first-order chi connectivity index (χ1) is 16.1. The summed E-state index contributed by atoms with van der Waals surface area (Å²) in [5.41, 5.74) is 5.34. The van der Waals surface area contributed by atoms with Crippen LogP contribution in [0.1, 0.15) is 25.3 Å². The number of aromatic amines is 1. The second kappa shape index (κ2) is 8.78. The lowest BCUT2D eigenvalue weighted by atomic mass is 9.95. The van der Waals surface area contributed by atoms with Crippen LogP contribution >= 0.6 is 0 Å². The van der Waals surface area contributed by atoms with E-state index in [1.54, 1.807) is 14.2 Å². The molecule has 0 aliphatic carbocycles. The number of nitrogens with zero attached hydrogens (tertiary/aromatic N) is 3. The van der Waals surface area contributed by atoms with Crippen LogP contribution < -0.4 is 19.7 Å². The average Bonchev–Trinajstić information content (AvgIpc) is 3.49. The van der Waals surface area contributed by atoms with Gasteiger partial charge in [0.05, 0.1) is 19.9 Å². The molecule has 0 unspecified atom stereocenters. The monoisotopic (exact) mass is 447 g/mol. The molecular weight excluding hydrogens is 418 g/mol. The van der Waals surface area contributed by atoms with E-state index >= 15 is 0 Å². The highest BCUT2D eigenvalue weighted by Crippen LogP contribution is 2.40. The van der Waals surface area contributed by atoms with E-state index < -0.39 is 0 Å². The number of piperazine rings is 1. The number of hydrogen-bond acceptors (Lipinski definition) is 7. The minimum Gasteiger partial charge on any atom is -0.493 e. The number of H-pyrrole nitrogens is 1. The second-order valence-corrected chi connectivity index (χ2v) is 8.53. The predicted octanol–water partition coefficient (Wildman–Crippen LogP) is 4.44. The molecule has 0 spiro atoms. The fourth-order valence-corrected chi connectivity index (χ4v) is 4.48. The van der Waals surface area contributed by atoms with Crippen molar-refractivity contribution in [3.8, 4) is 34.2 Å². The molecule has 8 nitrogen and oxygen atoms in total. The molecule has 0 bridgehead atoms. The molecule has 172 valence electrons. The Hall–Kier alpha value is -3.52. The van der Waals surface area contributed by atoms with E-state index in [0.29, 0.717) is 29.3 Å². The van der Waals surface area contributed by atoms with E-state index in [0.717, 1.165) is 53.9 Å². The molecule has 5 rings (SSSR count). The number of hydrogen-bond donors (Lipinski definition) is 2. The van der Waals surface area contributed by atoms with Gasteiger partial charge >= 0.3 is 6.01 Å². The predicted molar refractivity (Wildman–Crippen MR) is 129 cm³/mol. The van der Waals surface area contributed by atoms with Gasteiger partial charge in [-0.3, -0.25) is 0 Å². The highest BCUT2D eigenvalue weighted by Gasteiger charge is 2.21. The summed E-state index contributed by atoms with van der Waals surface area (Å²) in [5.74, 6) is 2.25. The Labute approximate surface area is 192 Å². The van der Waals surface area contributed by atoms with Crippen LogP contribution in [0.2, 0.25) is 0 Å². The highest BCUT2D eigenvalue weighted by molar-refractivity contribution is 5.94. The minimum atomic E-state index is 0.302. The highest BCUT2D eigenvalue weighted by atomic mass is 16.5. The Bertz CT molecular complexity index is 1270. The van der Waals surface area contributed by atoms with Gasteiger partial charge in [0.25, 0.3) is 0 Å². The first-order valence-electron chi connectivity index (χ1n) is 11.3. The number of benzene rings is 2. The van der Waals surface area contributed by atoms with Crippen molar-refractivity contribution >= 4 is 16.9 Å². The van der Waals surface area contributed by atoms with E-state index in [1.807, 2.05) is 18.2 Å². The van der Waals surface area contributed by atoms with Crippen LogP contribution in [-0.4, -0.2) is 55.6 Å². The van der Waals surface area contributed by atoms with E-state index in [2.05, 4.69) is 57.4 Å². The van der Waals surface area contributed by atoms with Gasteiger partial charge in [0.15, 0.2) is 11.5 Å². The molecule has 0 radical (unpaired) electrons. The van der Waals surface area contributed by atoms with Gasteiger partial charge in [0.1, 0.15) is 0 Å². The zero-order valence-corrected chi connectivity index (χ0v) is 19.4. The zero-order chi connectivity index (χ0) is 22.9. The third kappa shape index (κ3) is 3.91. The molecule has 2 aromatic heterocycles. The standard InChI is InChI=1S/C25H29N5O3/c1-15(2)22-18-13-17(24-28-29-25(33-24)30-11-9-26-10-12-30)5-7-19(18)27-23(22)16-6-8-20(31-3)21(14-16)32-4/h5-8,13-15,26-27H,9-12H2,1-4H3. The summed E-state index contributed by atoms with van der Waals surface area (Å²) in [5, 5.41) is 13.1. The maximum atomic E-state index is 6.04. The normalized spacial score (nSPS) is 14.3. The molecular formula is C25H29N5O3.